The van der Waals surface area contributed by atoms with E-state index in [1.54, 1.807) is 6.07 Å². The molecule has 0 aliphatic carbocycles. The predicted molar refractivity (Wildman–Crippen MR) is 67.5 cm³/mol. The number of rotatable bonds is 4. The van der Waals surface area contributed by atoms with E-state index in [-0.39, 0.29) is 12.2 Å². The van der Waals surface area contributed by atoms with Crippen molar-refractivity contribution in [1.82, 2.24) is 0 Å². The smallest absolute Gasteiger partial charge is 0.468 e. The summed E-state index contributed by atoms with van der Waals surface area (Å²) in [7, 11) is -0.0290. The van der Waals surface area contributed by atoms with Crippen LogP contribution in [0, 0.1) is 0 Å². The summed E-state index contributed by atoms with van der Waals surface area (Å²) in [6, 6.07) is 5.35. The van der Waals surface area contributed by atoms with Gasteiger partial charge in [0, 0.05) is 12.6 Å². The molecule has 0 unspecified atom stereocenters. The van der Waals surface area contributed by atoms with E-state index in [1.165, 1.54) is 7.11 Å². The van der Waals surface area contributed by atoms with Crippen LogP contribution in [0.15, 0.2) is 18.2 Å². The van der Waals surface area contributed by atoms with Crippen molar-refractivity contribution in [3.05, 3.63) is 23.8 Å². The minimum Gasteiger partial charge on any atom is -0.468 e. The maximum atomic E-state index is 9.23. The van der Waals surface area contributed by atoms with Gasteiger partial charge in [-0.2, -0.15) is 0 Å². The largest absolute Gasteiger partial charge is 0.492 e. The van der Waals surface area contributed by atoms with Crippen molar-refractivity contribution in [2.24, 2.45) is 0 Å². The third-order valence-electron chi connectivity index (χ3n) is 2.49. The van der Waals surface area contributed by atoms with Crippen molar-refractivity contribution < 1.29 is 19.5 Å². The second kappa shape index (κ2) is 5.53. The highest BCUT2D eigenvalue weighted by atomic mass is 16.7. The molecule has 0 bridgehead atoms. The first-order chi connectivity index (χ1) is 7.86. The second-order valence-corrected chi connectivity index (χ2v) is 4.93. The Morgan fingerprint density at radius 3 is 2.35 bits per heavy atom. The van der Waals surface area contributed by atoms with Gasteiger partial charge in [-0.15, -0.1) is 0 Å². The molecule has 0 fully saturated rings. The first-order valence-corrected chi connectivity index (χ1v) is 5.48. The van der Waals surface area contributed by atoms with E-state index in [9.17, 15) is 10.0 Å². The van der Waals surface area contributed by atoms with E-state index >= 15 is 0 Å². The van der Waals surface area contributed by atoms with Crippen LogP contribution in [0.5, 0.6) is 5.75 Å². The monoisotopic (exact) mass is 238 g/mol. The van der Waals surface area contributed by atoms with E-state index in [0.717, 1.165) is 5.56 Å². The standard InChI is InChI=1S/C12H19BO4/c1-12(2,3)9-5-6-10(13(14)15)11(7-9)17-8-16-4/h5-7,14-15H,8H2,1-4H3. The molecule has 0 spiro atoms. The van der Waals surface area contributed by atoms with Crippen LogP contribution < -0.4 is 10.2 Å². The minimum absolute atomic E-state index is 0.0237. The molecule has 1 aromatic rings. The molecule has 0 aromatic heterocycles. The van der Waals surface area contributed by atoms with Crippen LogP contribution in [0.3, 0.4) is 0 Å². The zero-order valence-corrected chi connectivity index (χ0v) is 10.7. The molecular weight excluding hydrogens is 219 g/mol. The molecule has 1 rings (SSSR count). The molecule has 0 saturated carbocycles. The molecule has 2 N–H and O–H groups in total. The van der Waals surface area contributed by atoms with E-state index in [1.807, 2.05) is 12.1 Å². The van der Waals surface area contributed by atoms with Crippen LogP contribution in [0.25, 0.3) is 0 Å². The average Bonchev–Trinajstić information content (AvgIpc) is 2.24. The van der Waals surface area contributed by atoms with Gasteiger partial charge in [-0.25, -0.2) is 0 Å². The molecule has 0 saturated heterocycles. The maximum absolute atomic E-state index is 9.23. The van der Waals surface area contributed by atoms with Gasteiger partial charge in [-0.1, -0.05) is 32.9 Å². The number of benzene rings is 1. The molecule has 0 heterocycles. The summed E-state index contributed by atoms with van der Waals surface area (Å²) in [4.78, 5) is 0. The molecular formula is C12H19BO4. The van der Waals surface area contributed by atoms with Crippen LogP contribution in [-0.2, 0) is 10.2 Å². The Labute approximate surface area is 102 Å². The van der Waals surface area contributed by atoms with E-state index < -0.39 is 7.12 Å². The molecule has 94 valence electrons. The normalized spacial score (nSPS) is 11.4. The Morgan fingerprint density at radius 2 is 1.88 bits per heavy atom. The van der Waals surface area contributed by atoms with Gasteiger partial charge in [0.1, 0.15) is 5.75 Å². The Bertz CT molecular complexity index is 371. The molecule has 4 nitrogen and oxygen atoms in total. The lowest BCUT2D eigenvalue weighted by atomic mass is 9.77. The summed E-state index contributed by atoms with van der Waals surface area (Å²) in [5, 5.41) is 18.5. The Hall–Kier alpha value is -1.04. The van der Waals surface area contributed by atoms with Crippen LogP contribution in [-0.4, -0.2) is 31.1 Å². The quantitative estimate of drug-likeness (QED) is 0.597. The van der Waals surface area contributed by atoms with Crippen LogP contribution in [0.1, 0.15) is 26.3 Å². The van der Waals surface area contributed by atoms with Gasteiger partial charge in [0.25, 0.3) is 0 Å². The van der Waals surface area contributed by atoms with Crippen LogP contribution in [0.2, 0.25) is 0 Å². The second-order valence-electron chi connectivity index (χ2n) is 4.93. The fourth-order valence-corrected chi connectivity index (χ4v) is 1.46. The molecule has 17 heavy (non-hydrogen) atoms. The number of hydrogen-bond acceptors (Lipinski definition) is 4. The summed E-state index contributed by atoms with van der Waals surface area (Å²) < 4.78 is 10.2. The summed E-state index contributed by atoms with van der Waals surface area (Å²) in [6.07, 6.45) is 0. The Kier molecular flexibility index (Phi) is 4.57. The third kappa shape index (κ3) is 3.73. The fourth-order valence-electron chi connectivity index (χ4n) is 1.46. The van der Waals surface area contributed by atoms with Crippen LogP contribution >= 0.6 is 0 Å². The predicted octanol–water partition coefficient (Wildman–Crippen LogP) is 0.647. The lowest BCUT2D eigenvalue weighted by Gasteiger charge is -2.21. The SMILES string of the molecule is COCOc1cc(C(C)(C)C)ccc1B(O)O. The van der Waals surface area contributed by atoms with Crippen molar-refractivity contribution in [2.45, 2.75) is 26.2 Å². The molecule has 5 heteroatoms. The lowest BCUT2D eigenvalue weighted by molar-refractivity contribution is 0.0516. The minimum atomic E-state index is -1.55. The number of hydrogen-bond donors (Lipinski definition) is 2. The molecule has 0 amide bonds. The van der Waals surface area contributed by atoms with E-state index in [4.69, 9.17) is 9.47 Å². The lowest BCUT2D eigenvalue weighted by Crippen LogP contribution is -2.32. The van der Waals surface area contributed by atoms with Gasteiger partial charge in [-0.3, -0.25) is 0 Å². The Morgan fingerprint density at radius 1 is 1.24 bits per heavy atom. The van der Waals surface area contributed by atoms with E-state index in [0.29, 0.717) is 11.2 Å². The van der Waals surface area contributed by atoms with Crippen molar-refractivity contribution in [3.8, 4) is 5.75 Å². The molecule has 0 atom stereocenters. The molecule has 0 radical (unpaired) electrons. The first kappa shape index (κ1) is 14.0. The summed E-state index contributed by atoms with van der Waals surface area (Å²) in [5.41, 5.74) is 1.38. The van der Waals surface area contributed by atoms with E-state index in [2.05, 4.69) is 20.8 Å². The van der Waals surface area contributed by atoms with Crippen molar-refractivity contribution >= 4 is 12.6 Å². The fraction of sp³-hybridized carbons (Fsp3) is 0.500. The van der Waals surface area contributed by atoms with Gasteiger partial charge in [0.05, 0.1) is 0 Å². The summed E-state index contributed by atoms with van der Waals surface area (Å²) >= 11 is 0. The number of methoxy groups -OCH3 is 1. The summed E-state index contributed by atoms with van der Waals surface area (Å²) in [6.45, 7) is 6.32. The van der Waals surface area contributed by atoms with Crippen molar-refractivity contribution in [3.63, 3.8) is 0 Å². The third-order valence-corrected chi connectivity index (χ3v) is 2.49. The van der Waals surface area contributed by atoms with Gasteiger partial charge in [-0.05, 0) is 17.0 Å². The maximum Gasteiger partial charge on any atom is 0.492 e. The molecule has 0 aliphatic rings. The van der Waals surface area contributed by atoms with Gasteiger partial charge < -0.3 is 19.5 Å². The highest BCUT2D eigenvalue weighted by Crippen LogP contribution is 2.24. The highest BCUT2D eigenvalue weighted by Gasteiger charge is 2.21. The van der Waals surface area contributed by atoms with Gasteiger partial charge in [0.15, 0.2) is 6.79 Å². The van der Waals surface area contributed by atoms with Crippen molar-refractivity contribution in [2.75, 3.05) is 13.9 Å². The number of ether oxygens (including phenoxy) is 2. The van der Waals surface area contributed by atoms with Gasteiger partial charge in [0.2, 0.25) is 0 Å². The van der Waals surface area contributed by atoms with Crippen molar-refractivity contribution in [1.29, 1.82) is 0 Å². The van der Waals surface area contributed by atoms with Crippen LogP contribution in [0.4, 0.5) is 0 Å². The topological polar surface area (TPSA) is 58.9 Å². The van der Waals surface area contributed by atoms with Gasteiger partial charge >= 0.3 is 7.12 Å². The zero-order valence-electron chi connectivity index (χ0n) is 10.7. The highest BCUT2D eigenvalue weighted by molar-refractivity contribution is 6.59. The molecule has 1 aromatic carbocycles. The first-order valence-electron chi connectivity index (χ1n) is 5.48. The molecule has 0 aliphatic heterocycles. The summed E-state index contributed by atoms with van der Waals surface area (Å²) in [5.74, 6) is 0.439. The zero-order chi connectivity index (χ0) is 13.1. The Balaban J connectivity index is 3.10. The average molecular weight is 238 g/mol.